The van der Waals surface area contributed by atoms with E-state index in [1.165, 1.54) is 40.1 Å². The number of methoxy groups -OCH3 is 1. The van der Waals surface area contributed by atoms with Crippen molar-refractivity contribution in [3.8, 4) is 27.3 Å². The molecule has 48 heavy (non-hydrogen) atoms. The van der Waals surface area contributed by atoms with Crippen LogP contribution in [0.5, 0.6) is 5.75 Å². The molecule has 1 fully saturated rings. The summed E-state index contributed by atoms with van der Waals surface area (Å²) in [5.41, 5.74) is -0.668. The van der Waals surface area contributed by atoms with Crippen LogP contribution in [0.15, 0.2) is 58.8 Å². The number of rotatable bonds is 4. The maximum Gasteiger partial charge on any atom is 0.510 e. The summed E-state index contributed by atoms with van der Waals surface area (Å²) in [6.45, 7) is 0.658. The summed E-state index contributed by atoms with van der Waals surface area (Å²) in [4.78, 5) is 41.2. The number of aromatic nitrogens is 1. The van der Waals surface area contributed by atoms with E-state index in [0.29, 0.717) is 32.7 Å². The van der Waals surface area contributed by atoms with Crippen molar-refractivity contribution >= 4 is 23.4 Å². The lowest BCUT2D eigenvalue weighted by Crippen LogP contribution is -2.66. The van der Waals surface area contributed by atoms with Crippen LogP contribution in [0.3, 0.4) is 0 Å². The molecule has 1 saturated heterocycles. The Morgan fingerprint density at radius 2 is 1.85 bits per heavy atom. The van der Waals surface area contributed by atoms with Crippen molar-refractivity contribution in [2.24, 2.45) is 0 Å². The van der Waals surface area contributed by atoms with Gasteiger partial charge in [0.2, 0.25) is 18.0 Å². The average molecular weight is 682 g/mol. The second kappa shape index (κ2) is 10.6. The van der Waals surface area contributed by atoms with Crippen LogP contribution in [0.2, 0.25) is 0 Å². The average Bonchev–Trinajstić information content (AvgIpc) is 3.41. The van der Waals surface area contributed by atoms with Gasteiger partial charge in [0.05, 0.1) is 18.7 Å². The van der Waals surface area contributed by atoms with Crippen LogP contribution in [0, 0.1) is 5.82 Å². The highest BCUT2D eigenvalue weighted by Gasteiger charge is 2.52. The van der Waals surface area contributed by atoms with Gasteiger partial charge in [0.15, 0.2) is 5.69 Å². The standard InChI is InChI=1S/C34H27F4N3O6S/c1-33(36)10-12-39-23(14-33)41(40-11-9-22(42)29(28(40)31(39)43)46-16-47-32(44)45-2)27-18-5-3-4-6-19(18)30-24-17(15-48-30)13-34(37,38)26-21(35)8-7-20(27)25(24)26/h3-9,11,15,23,27H,10,12-14,16H2,1-2H3. The lowest BCUT2D eigenvalue weighted by molar-refractivity contribution is -0.00827. The number of pyridine rings is 1. The van der Waals surface area contributed by atoms with Gasteiger partial charge in [-0.05, 0) is 47.0 Å². The molecule has 0 bridgehead atoms. The van der Waals surface area contributed by atoms with Gasteiger partial charge in [0.1, 0.15) is 17.7 Å². The summed E-state index contributed by atoms with van der Waals surface area (Å²) < 4.78 is 79.6. The van der Waals surface area contributed by atoms with Crippen LogP contribution in [0.4, 0.5) is 22.4 Å². The van der Waals surface area contributed by atoms with E-state index in [1.54, 1.807) is 16.5 Å². The van der Waals surface area contributed by atoms with E-state index in [4.69, 9.17) is 9.47 Å². The molecule has 0 radical (unpaired) electrons. The SMILES string of the molecule is COC(=O)OCOc1c2n(ccc1=O)N(C1c3ccccc3-c3scc4c3-c3c1ccc(F)c3C(F)(F)C4)C1CC(C)(F)CCN1C2=O. The summed E-state index contributed by atoms with van der Waals surface area (Å²) in [6.07, 6.45) is -1.50. The largest absolute Gasteiger partial charge is 0.510 e. The summed E-state index contributed by atoms with van der Waals surface area (Å²) in [5.74, 6) is -5.62. The number of carbonyl (C=O) groups is 2. The molecule has 0 spiro atoms. The third-order valence-electron chi connectivity index (χ3n) is 9.58. The molecule has 4 aromatic rings. The number of benzene rings is 2. The maximum absolute atomic E-state index is 16.0. The van der Waals surface area contributed by atoms with Crippen molar-refractivity contribution < 1.29 is 41.4 Å². The van der Waals surface area contributed by atoms with E-state index in [9.17, 15) is 14.4 Å². The Labute approximate surface area is 274 Å². The molecular formula is C34H27F4N3O6S. The summed E-state index contributed by atoms with van der Waals surface area (Å²) in [6, 6.07) is 9.97. The van der Waals surface area contributed by atoms with E-state index < -0.39 is 71.6 Å². The zero-order valence-electron chi connectivity index (χ0n) is 25.6. The second-order valence-electron chi connectivity index (χ2n) is 12.5. The number of nitrogens with zero attached hydrogens (tertiary/aromatic N) is 3. The molecule has 14 heteroatoms. The summed E-state index contributed by atoms with van der Waals surface area (Å²) in [5, 5.41) is 3.38. The highest BCUT2D eigenvalue weighted by atomic mass is 32.1. The number of alkyl halides is 3. The fourth-order valence-corrected chi connectivity index (χ4v) is 8.67. The normalized spacial score (nSPS) is 22.9. The van der Waals surface area contributed by atoms with Gasteiger partial charge in [-0.1, -0.05) is 30.3 Å². The quantitative estimate of drug-likeness (QED) is 0.138. The predicted molar refractivity (Wildman–Crippen MR) is 166 cm³/mol. The Bertz CT molecular complexity index is 2100. The van der Waals surface area contributed by atoms with Gasteiger partial charge in [-0.3, -0.25) is 19.3 Å². The van der Waals surface area contributed by atoms with Gasteiger partial charge in [0.25, 0.3) is 11.8 Å². The lowest BCUT2D eigenvalue weighted by Gasteiger charge is -2.54. The number of halogens is 4. The summed E-state index contributed by atoms with van der Waals surface area (Å²) >= 11 is 1.29. The molecule has 248 valence electrons. The number of carbonyl (C=O) groups excluding carboxylic acids is 2. The van der Waals surface area contributed by atoms with Gasteiger partial charge in [0, 0.05) is 47.7 Å². The first-order valence-electron chi connectivity index (χ1n) is 15.2. The van der Waals surface area contributed by atoms with E-state index in [2.05, 4.69) is 4.74 Å². The minimum absolute atomic E-state index is 0.00184. The zero-order chi connectivity index (χ0) is 33.7. The first-order valence-corrected chi connectivity index (χ1v) is 16.1. The topological polar surface area (TPSA) is 90.3 Å². The van der Waals surface area contributed by atoms with E-state index in [-0.39, 0.29) is 30.6 Å². The molecule has 2 aliphatic heterocycles. The highest BCUT2D eigenvalue weighted by molar-refractivity contribution is 7.14. The van der Waals surface area contributed by atoms with Crippen LogP contribution in [-0.4, -0.2) is 53.9 Å². The molecule has 2 aromatic carbocycles. The molecule has 2 aromatic heterocycles. The fraction of sp³-hybridized carbons (Fsp3) is 0.324. The molecule has 0 saturated carbocycles. The van der Waals surface area contributed by atoms with Crippen LogP contribution in [-0.2, 0) is 21.8 Å². The number of piperidine rings is 1. The monoisotopic (exact) mass is 681 g/mol. The Morgan fingerprint density at radius 1 is 1.06 bits per heavy atom. The zero-order valence-corrected chi connectivity index (χ0v) is 26.4. The maximum atomic E-state index is 16.0. The van der Waals surface area contributed by atoms with Crippen LogP contribution < -0.4 is 15.2 Å². The van der Waals surface area contributed by atoms with Crippen molar-refractivity contribution in [2.45, 2.75) is 50.0 Å². The third kappa shape index (κ3) is 4.37. The Balaban J connectivity index is 1.42. The van der Waals surface area contributed by atoms with Gasteiger partial charge in [-0.2, -0.15) is 0 Å². The van der Waals surface area contributed by atoms with Gasteiger partial charge in [-0.25, -0.2) is 22.4 Å². The molecule has 1 amide bonds. The van der Waals surface area contributed by atoms with Crippen molar-refractivity contribution in [3.63, 3.8) is 0 Å². The second-order valence-corrected chi connectivity index (χ2v) is 13.4. The van der Waals surface area contributed by atoms with Crippen LogP contribution in [0.25, 0.3) is 21.6 Å². The Hall–Kier alpha value is -4.85. The van der Waals surface area contributed by atoms with Gasteiger partial charge >= 0.3 is 6.16 Å². The molecule has 3 unspecified atom stereocenters. The molecule has 4 heterocycles. The predicted octanol–water partition coefficient (Wildman–Crippen LogP) is 6.50. The Morgan fingerprint density at radius 3 is 2.65 bits per heavy atom. The number of hydrogen-bond donors (Lipinski definition) is 0. The number of fused-ring (bicyclic) bond motifs is 4. The van der Waals surface area contributed by atoms with E-state index in [0.717, 1.165) is 19.2 Å². The van der Waals surface area contributed by atoms with E-state index in [1.807, 2.05) is 18.2 Å². The van der Waals surface area contributed by atoms with Crippen molar-refractivity contribution in [2.75, 3.05) is 25.5 Å². The molecule has 8 rings (SSSR count). The number of hydrogen-bond acceptors (Lipinski definition) is 8. The first-order chi connectivity index (χ1) is 22.9. The smallest absolute Gasteiger partial charge is 0.451 e. The van der Waals surface area contributed by atoms with Gasteiger partial charge < -0.3 is 19.1 Å². The molecule has 3 atom stereocenters. The van der Waals surface area contributed by atoms with Crippen LogP contribution >= 0.6 is 11.3 Å². The van der Waals surface area contributed by atoms with Crippen molar-refractivity contribution in [3.05, 3.63) is 98.0 Å². The third-order valence-corrected chi connectivity index (χ3v) is 10.6. The fourth-order valence-electron chi connectivity index (χ4n) is 7.54. The minimum Gasteiger partial charge on any atom is -0.451 e. The number of ether oxygens (including phenoxy) is 3. The number of amides is 1. The summed E-state index contributed by atoms with van der Waals surface area (Å²) in [7, 11) is 1.09. The van der Waals surface area contributed by atoms with E-state index >= 15 is 17.6 Å². The first kappa shape index (κ1) is 30.5. The molecule has 0 N–H and O–H groups in total. The Kier molecular flexibility index (Phi) is 6.72. The van der Waals surface area contributed by atoms with Crippen molar-refractivity contribution in [1.82, 2.24) is 9.58 Å². The number of thiophene rings is 1. The minimum atomic E-state index is -3.52. The van der Waals surface area contributed by atoms with Gasteiger partial charge in [-0.15, -0.1) is 11.3 Å². The lowest BCUT2D eigenvalue weighted by atomic mass is 9.80. The van der Waals surface area contributed by atoms with Crippen LogP contribution in [0.1, 0.15) is 58.5 Å². The molecular weight excluding hydrogens is 654 g/mol. The highest BCUT2D eigenvalue weighted by Crippen LogP contribution is 2.58. The molecule has 2 aliphatic carbocycles. The van der Waals surface area contributed by atoms with Crippen molar-refractivity contribution in [1.29, 1.82) is 0 Å². The molecule has 9 nitrogen and oxygen atoms in total. The molecule has 4 aliphatic rings.